The zero-order chi connectivity index (χ0) is 13.1. The molecule has 0 aromatic heterocycles. The van der Waals surface area contributed by atoms with Crippen molar-refractivity contribution in [3.05, 3.63) is 24.3 Å². The van der Waals surface area contributed by atoms with E-state index in [1.807, 2.05) is 0 Å². The van der Waals surface area contributed by atoms with Gasteiger partial charge in [-0.15, -0.1) is 0 Å². The zero-order valence-corrected chi connectivity index (χ0v) is 9.57. The van der Waals surface area contributed by atoms with Gasteiger partial charge < -0.3 is 39.6 Å². The molecule has 0 saturated heterocycles. The van der Waals surface area contributed by atoms with Crippen molar-refractivity contribution >= 4 is 17.2 Å². The molecule has 10 heteroatoms. The van der Waals surface area contributed by atoms with Gasteiger partial charge in [0, 0.05) is 6.07 Å². The van der Waals surface area contributed by atoms with Crippen LogP contribution >= 0.6 is 17.2 Å². The maximum atomic E-state index is 8.65. The molecular weight excluding hydrogens is 262 g/mol. The molecule has 0 radical (unpaired) electrons. The van der Waals surface area contributed by atoms with Gasteiger partial charge in [0.05, 0.1) is 0 Å². The summed E-state index contributed by atoms with van der Waals surface area (Å²) in [7, 11) is -5.24. The summed E-state index contributed by atoms with van der Waals surface area (Å²) in [5.74, 6) is 0.176. The van der Waals surface area contributed by atoms with Gasteiger partial charge in [0.1, 0.15) is 11.5 Å². The molecule has 94 valence electrons. The van der Waals surface area contributed by atoms with Crippen molar-refractivity contribution in [1.29, 1.82) is 0 Å². The van der Waals surface area contributed by atoms with Gasteiger partial charge in [0.15, 0.2) is 0 Å². The van der Waals surface area contributed by atoms with Crippen molar-refractivity contribution in [2.45, 2.75) is 0 Å². The van der Waals surface area contributed by atoms with Gasteiger partial charge in [-0.3, -0.25) is 0 Å². The fourth-order valence-corrected chi connectivity index (χ4v) is 0.493. The quantitative estimate of drug-likeness (QED) is 0.293. The molecule has 1 aromatic carbocycles. The number of phenolic OH excluding ortho intramolecular Hbond substituents is 2. The first kappa shape index (κ1) is 17.8. The minimum Gasteiger partial charge on any atom is -0.508 e. The second-order valence-corrected chi connectivity index (χ2v) is 3.13. The predicted molar refractivity (Wildman–Crippen MR) is 56.9 cm³/mol. The third kappa shape index (κ3) is 23.3. The Morgan fingerprint density at radius 2 is 0.938 bits per heavy atom. The van der Waals surface area contributed by atoms with Gasteiger partial charge in [-0.2, -0.15) is 0 Å². The van der Waals surface area contributed by atoms with Crippen molar-refractivity contribution < 1.29 is 39.6 Å². The standard InChI is InChI=1S/C6H6O2.2H3O3P/c7-5-2-1-3-6(8)4-5;2*1-4(2)3/h1-4,7-8H;2*1-3H. The third-order valence-electron chi connectivity index (χ3n) is 0.830. The molecule has 0 fully saturated rings. The van der Waals surface area contributed by atoms with Crippen LogP contribution in [0.5, 0.6) is 11.5 Å². The molecule has 0 saturated carbocycles. The molecule has 8 nitrogen and oxygen atoms in total. The van der Waals surface area contributed by atoms with Crippen LogP contribution in [0.25, 0.3) is 0 Å². The van der Waals surface area contributed by atoms with Crippen molar-refractivity contribution in [3.8, 4) is 11.5 Å². The number of aromatic hydroxyl groups is 2. The van der Waals surface area contributed by atoms with Gasteiger partial charge in [-0.25, -0.2) is 0 Å². The van der Waals surface area contributed by atoms with E-state index in [1.54, 1.807) is 6.07 Å². The lowest BCUT2D eigenvalue weighted by Gasteiger charge is -1.89. The van der Waals surface area contributed by atoms with Crippen molar-refractivity contribution in [3.63, 3.8) is 0 Å². The molecule has 0 unspecified atom stereocenters. The van der Waals surface area contributed by atoms with Crippen LogP contribution in [0.1, 0.15) is 0 Å². The Balaban J connectivity index is 0. The lowest BCUT2D eigenvalue weighted by molar-refractivity contribution is 0.366. The van der Waals surface area contributed by atoms with Crippen molar-refractivity contribution in [2.75, 3.05) is 0 Å². The van der Waals surface area contributed by atoms with E-state index in [9.17, 15) is 0 Å². The molecule has 0 heterocycles. The molecule has 0 atom stereocenters. The van der Waals surface area contributed by atoms with Gasteiger partial charge in [-0.1, -0.05) is 6.07 Å². The van der Waals surface area contributed by atoms with E-state index in [4.69, 9.17) is 39.6 Å². The fraction of sp³-hybridized carbons (Fsp3) is 0. The molecule has 0 aliphatic carbocycles. The minimum atomic E-state index is -2.62. The van der Waals surface area contributed by atoms with E-state index < -0.39 is 17.2 Å². The Morgan fingerprint density at radius 3 is 1.06 bits per heavy atom. The number of phenols is 2. The maximum absolute atomic E-state index is 8.65. The Kier molecular flexibility index (Phi) is 12.2. The number of benzene rings is 1. The van der Waals surface area contributed by atoms with Crippen LogP contribution in [0, 0.1) is 0 Å². The average Bonchev–Trinajstić information content (AvgIpc) is 2.00. The van der Waals surface area contributed by atoms with E-state index in [-0.39, 0.29) is 11.5 Å². The van der Waals surface area contributed by atoms with Gasteiger partial charge in [0.2, 0.25) is 0 Å². The molecule has 8 N–H and O–H groups in total. The van der Waals surface area contributed by atoms with Crippen molar-refractivity contribution in [1.82, 2.24) is 0 Å². The molecule has 0 bridgehead atoms. The van der Waals surface area contributed by atoms with Crippen LogP contribution in [-0.2, 0) is 0 Å². The van der Waals surface area contributed by atoms with Crippen LogP contribution in [0.15, 0.2) is 24.3 Å². The van der Waals surface area contributed by atoms with Gasteiger partial charge in [0.25, 0.3) is 0 Å². The van der Waals surface area contributed by atoms with Crippen LogP contribution in [-0.4, -0.2) is 39.6 Å². The highest BCUT2D eigenvalue weighted by molar-refractivity contribution is 7.38. The molecule has 1 rings (SSSR count). The number of rotatable bonds is 0. The first-order valence-electron chi connectivity index (χ1n) is 3.47. The lowest BCUT2D eigenvalue weighted by Crippen LogP contribution is -1.61. The summed E-state index contributed by atoms with van der Waals surface area (Å²) < 4.78 is 0. The Bertz CT molecular complexity index is 240. The average molecular weight is 274 g/mol. The predicted octanol–water partition coefficient (Wildman–Crippen LogP) is -0.522. The summed E-state index contributed by atoms with van der Waals surface area (Å²) in [6.45, 7) is 0. The zero-order valence-electron chi connectivity index (χ0n) is 7.78. The summed E-state index contributed by atoms with van der Waals surface area (Å²) in [6, 6.07) is 5.85. The molecule has 0 spiro atoms. The highest BCUT2D eigenvalue weighted by atomic mass is 31.2. The van der Waals surface area contributed by atoms with Gasteiger partial charge in [-0.05, 0) is 12.1 Å². The Hall–Kier alpha value is -0.560. The second kappa shape index (κ2) is 10.9. The SMILES string of the molecule is OP(O)O.OP(O)O.Oc1cccc(O)c1. The first-order valence-corrected chi connectivity index (χ1v) is 5.87. The van der Waals surface area contributed by atoms with E-state index in [2.05, 4.69) is 0 Å². The summed E-state index contributed by atoms with van der Waals surface area (Å²) in [5.41, 5.74) is 0. The van der Waals surface area contributed by atoms with E-state index in [0.29, 0.717) is 0 Å². The summed E-state index contributed by atoms with van der Waals surface area (Å²) in [6.07, 6.45) is 0. The minimum absolute atomic E-state index is 0.0880. The second-order valence-electron chi connectivity index (χ2n) is 2.06. The lowest BCUT2D eigenvalue weighted by atomic mass is 10.3. The highest BCUT2D eigenvalue weighted by Crippen LogP contribution is 2.14. The number of hydrogen-bond donors (Lipinski definition) is 8. The molecule has 0 amide bonds. The fourth-order valence-electron chi connectivity index (χ4n) is 0.493. The topological polar surface area (TPSA) is 162 Å². The summed E-state index contributed by atoms with van der Waals surface area (Å²) in [5, 5.41) is 17.3. The summed E-state index contributed by atoms with van der Waals surface area (Å²) in [4.78, 5) is 43.4. The van der Waals surface area contributed by atoms with Gasteiger partial charge >= 0.3 is 17.2 Å². The smallest absolute Gasteiger partial charge is 0.324 e. The Morgan fingerprint density at radius 1 is 0.688 bits per heavy atom. The van der Waals surface area contributed by atoms with Crippen LogP contribution < -0.4 is 0 Å². The van der Waals surface area contributed by atoms with E-state index >= 15 is 0 Å². The Labute approximate surface area is 93.3 Å². The molecular formula is C6H12O8P2. The number of hydrogen-bond acceptors (Lipinski definition) is 8. The summed E-state index contributed by atoms with van der Waals surface area (Å²) >= 11 is 0. The van der Waals surface area contributed by atoms with Crippen molar-refractivity contribution in [2.24, 2.45) is 0 Å². The van der Waals surface area contributed by atoms with E-state index in [0.717, 1.165) is 0 Å². The third-order valence-corrected chi connectivity index (χ3v) is 0.830. The largest absolute Gasteiger partial charge is 0.508 e. The molecule has 1 aromatic rings. The van der Waals surface area contributed by atoms with Crippen LogP contribution in [0.2, 0.25) is 0 Å². The first-order chi connectivity index (χ1) is 7.25. The maximum Gasteiger partial charge on any atom is 0.324 e. The highest BCUT2D eigenvalue weighted by Gasteiger charge is 1.85. The monoisotopic (exact) mass is 274 g/mol. The van der Waals surface area contributed by atoms with Crippen LogP contribution in [0.4, 0.5) is 0 Å². The van der Waals surface area contributed by atoms with E-state index in [1.165, 1.54) is 18.2 Å². The molecule has 16 heavy (non-hydrogen) atoms. The molecule has 0 aliphatic heterocycles. The van der Waals surface area contributed by atoms with Crippen LogP contribution in [0.3, 0.4) is 0 Å². The molecule has 0 aliphatic rings. The normalized spacial score (nSPS) is 9.00.